The van der Waals surface area contributed by atoms with Crippen LogP contribution in [0, 0.1) is 0 Å². The van der Waals surface area contributed by atoms with Crippen molar-refractivity contribution in [1.29, 1.82) is 0 Å². The molecule has 3 rings (SSSR count). The van der Waals surface area contributed by atoms with E-state index in [-0.39, 0.29) is 0 Å². The van der Waals surface area contributed by atoms with Gasteiger partial charge < -0.3 is 10.1 Å². The standard InChI is InChI=1S/C14H10ClNOS/c15-10(8-17)9-5-6-12-14(7-9)18-13-4-2-1-3-11(13)16-12/h1-8,10,16H. The van der Waals surface area contributed by atoms with E-state index in [1.165, 1.54) is 4.90 Å². The molecule has 1 aliphatic heterocycles. The monoisotopic (exact) mass is 275 g/mol. The SMILES string of the molecule is O=CC(Cl)c1ccc2c(c1)Sc1ccccc1N2. The van der Waals surface area contributed by atoms with Gasteiger partial charge in [-0.3, -0.25) is 0 Å². The Morgan fingerprint density at radius 2 is 1.89 bits per heavy atom. The van der Waals surface area contributed by atoms with Crippen molar-refractivity contribution < 1.29 is 4.79 Å². The number of carbonyl (C=O) groups excluding carboxylic acids is 1. The van der Waals surface area contributed by atoms with Gasteiger partial charge in [0.25, 0.3) is 0 Å². The number of anilines is 2. The molecule has 1 atom stereocenters. The second-order valence-electron chi connectivity index (χ2n) is 4.02. The Morgan fingerprint density at radius 3 is 2.72 bits per heavy atom. The predicted octanol–water partition coefficient (Wildman–Crippen LogP) is 4.37. The molecule has 2 aromatic rings. The van der Waals surface area contributed by atoms with Gasteiger partial charge in [-0.15, -0.1) is 11.6 Å². The minimum absolute atomic E-state index is 0.576. The Morgan fingerprint density at radius 1 is 1.11 bits per heavy atom. The lowest BCUT2D eigenvalue weighted by Crippen LogP contribution is -2.01. The summed E-state index contributed by atoms with van der Waals surface area (Å²) in [5.74, 6) is 0. The van der Waals surface area contributed by atoms with Crippen molar-refractivity contribution in [2.45, 2.75) is 15.2 Å². The summed E-state index contributed by atoms with van der Waals surface area (Å²) in [7, 11) is 0. The molecule has 90 valence electrons. The van der Waals surface area contributed by atoms with Gasteiger partial charge in [0.2, 0.25) is 0 Å². The van der Waals surface area contributed by atoms with Gasteiger partial charge in [-0.25, -0.2) is 0 Å². The van der Waals surface area contributed by atoms with Crippen LogP contribution in [0.5, 0.6) is 0 Å². The van der Waals surface area contributed by atoms with E-state index in [1.807, 2.05) is 30.3 Å². The third-order valence-electron chi connectivity index (χ3n) is 2.82. The molecule has 1 N–H and O–H groups in total. The highest BCUT2D eigenvalue weighted by atomic mass is 35.5. The molecule has 0 fully saturated rings. The van der Waals surface area contributed by atoms with Gasteiger partial charge in [0.1, 0.15) is 11.7 Å². The summed E-state index contributed by atoms with van der Waals surface area (Å²) in [6.07, 6.45) is 0.748. The first-order valence-electron chi connectivity index (χ1n) is 5.55. The molecule has 4 heteroatoms. The van der Waals surface area contributed by atoms with Crippen molar-refractivity contribution in [2.75, 3.05) is 5.32 Å². The normalized spacial score (nSPS) is 14.1. The Balaban J connectivity index is 2.01. The van der Waals surface area contributed by atoms with Gasteiger partial charge in [-0.05, 0) is 29.8 Å². The largest absolute Gasteiger partial charge is 0.354 e. The lowest BCUT2D eigenvalue weighted by atomic mass is 10.1. The quantitative estimate of drug-likeness (QED) is 0.556. The topological polar surface area (TPSA) is 29.1 Å². The number of hydrogen-bond donors (Lipinski definition) is 1. The molecule has 1 heterocycles. The summed E-state index contributed by atoms with van der Waals surface area (Å²) in [5.41, 5.74) is 3.00. The van der Waals surface area contributed by atoms with Gasteiger partial charge in [0.05, 0.1) is 11.4 Å². The summed E-state index contributed by atoms with van der Waals surface area (Å²) in [4.78, 5) is 13.0. The van der Waals surface area contributed by atoms with Crippen LogP contribution >= 0.6 is 23.4 Å². The van der Waals surface area contributed by atoms with Crippen LogP contribution in [0.15, 0.2) is 52.3 Å². The van der Waals surface area contributed by atoms with Crippen LogP contribution in [-0.4, -0.2) is 6.29 Å². The van der Waals surface area contributed by atoms with Crippen LogP contribution in [0.25, 0.3) is 0 Å². The van der Waals surface area contributed by atoms with Crippen molar-refractivity contribution >= 4 is 41.0 Å². The van der Waals surface area contributed by atoms with Crippen molar-refractivity contribution in [3.05, 3.63) is 48.0 Å². The molecule has 1 unspecified atom stereocenters. The number of para-hydroxylation sites is 1. The number of alkyl halides is 1. The van der Waals surface area contributed by atoms with E-state index >= 15 is 0 Å². The van der Waals surface area contributed by atoms with Crippen molar-refractivity contribution in [2.24, 2.45) is 0 Å². The molecule has 0 amide bonds. The highest BCUT2D eigenvalue weighted by molar-refractivity contribution is 7.99. The maximum Gasteiger partial charge on any atom is 0.142 e. The second kappa shape index (κ2) is 4.67. The molecule has 2 nitrogen and oxygen atoms in total. The summed E-state index contributed by atoms with van der Waals surface area (Å²) >= 11 is 7.62. The molecular weight excluding hydrogens is 266 g/mol. The minimum atomic E-state index is -0.576. The van der Waals surface area contributed by atoms with E-state index in [1.54, 1.807) is 11.8 Å². The smallest absolute Gasteiger partial charge is 0.142 e. The van der Waals surface area contributed by atoms with Crippen LogP contribution in [0.2, 0.25) is 0 Å². The highest BCUT2D eigenvalue weighted by Gasteiger charge is 2.17. The van der Waals surface area contributed by atoms with Crippen molar-refractivity contribution in [3.8, 4) is 0 Å². The van der Waals surface area contributed by atoms with Gasteiger partial charge in [-0.1, -0.05) is 30.0 Å². The molecule has 18 heavy (non-hydrogen) atoms. The molecule has 0 saturated heterocycles. The first kappa shape index (κ1) is 11.6. The number of benzene rings is 2. The molecule has 0 aliphatic carbocycles. The fourth-order valence-corrected chi connectivity index (χ4v) is 3.07. The average Bonchev–Trinajstić information content (AvgIpc) is 2.43. The van der Waals surface area contributed by atoms with Gasteiger partial charge in [0.15, 0.2) is 0 Å². The summed E-state index contributed by atoms with van der Waals surface area (Å²) in [6, 6.07) is 14.0. The van der Waals surface area contributed by atoms with Crippen LogP contribution in [-0.2, 0) is 4.79 Å². The molecule has 0 spiro atoms. The molecule has 1 aliphatic rings. The highest BCUT2D eigenvalue weighted by Crippen LogP contribution is 2.44. The van der Waals surface area contributed by atoms with Gasteiger partial charge in [0, 0.05) is 9.79 Å². The zero-order valence-corrected chi connectivity index (χ0v) is 11.0. The molecule has 0 bridgehead atoms. The summed E-state index contributed by atoms with van der Waals surface area (Å²) < 4.78 is 0. The molecule has 0 aromatic heterocycles. The second-order valence-corrected chi connectivity index (χ2v) is 5.57. The van der Waals surface area contributed by atoms with Crippen LogP contribution < -0.4 is 5.32 Å². The zero-order chi connectivity index (χ0) is 12.5. The third kappa shape index (κ3) is 2.00. The molecular formula is C14H10ClNOS. The van der Waals surface area contributed by atoms with Gasteiger partial charge in [-0.2, -0.15) is 0 Å². The Bertz CT molecular complexity index is 614. The fourth-order valence-electron chi connectivity index (χ4n) is 1.90. The third-order valence-corrected chi connectivity index (χ3v) is 4.31. The number of carbonyl (C=O) groups is 1. The molecule has 0 saturated carbocycles. The summed E-state index contributed by atoms with van der Waals surface area (Å²) in [5, 5.41) is 2.80. The van der Waals surface area contributed by atoms with Gasteiger partial charge >= 0.3 is 0 Å². The van der Waals surface area contributed by atoms with Crippen molar-refractivity contribution in [1.82, 2.24) is 0 Å². The first-order chi connectivity index (χ1) is 8.78. The van der Waals surface area contributed by atoms with Crippen LogP contribution in [0.3, 0.4) is 0 Å². The van der Waals surface area contributed by atoms with E-state index in [0.717, 1.165) is 28.1 Å². The first-order valence-corrected chi connectivity index (χ1v) is 6.80. The number of hydrogen-bond acceptors (Lipinski definition) is 3. The molecule has 2 aromatic carbocycles. The van der Waals surface area contributed by atoms with E-state index in [4.69, 9.17) is 11.6 Å². The number of rotatable bonds is 2. The Hall–Kier alpha value is -1.45. The van der Waals surface area contributed by atoms with Crippen LogP contribution in [0.1, 0.15) is 10.9 Å². The Labute approximate surface area is 114 Å². The lowest BCUT2D eigenvalue weighted by molar-refractivity contribution is -0.107. The number of nitrogens with one attached hydrogen (secondary N) is 1. The minimum Gasteiger partial charge on any atom is -0.354 e. The van der Waals surface area contributed by atoms with E-state index < -0.39 is 5.38 Å². The van der Waals surface area contributed by atoms with E-state index in [2.05, 4.69) is 17.4 Å². The average molecular weight is 276 g/mol. The summed E-state index contributed by atoms with van der Waals surface area (Å²) in [6.45, 7) is 0. The lowest BCUT2D eigenvalue weighted by Gasteiger charge is -2.21. The van der Waals surface area contributed by atoms with Crippen LogP contribution in [0.4, 0.5) is 11.4 Å². The van der Waals surface area contributed by atoms with Crippen molar-refractivity contribution in [3.63, 3.8) is 0 Å². The zero-order valence-electron chi connectivity index (χ0n) is 9.39. The Kier molecular flexibility index (Phi) is 3.02. The maximum atomic E-state index is 10.7. The predicted molar refractivity (Wildman–Crippen MR) is 74.9 cm³/mol. The molecule has 0 radical (unpaired) electrons. The van der Waals surface area contributed by atoms with E-state index in [9.17, 15) is 4.79 Å². The van der Waals surface area contributed by atoms with E-state index in [0.29, 0.717) is 0 Å². The number of fused-ring (bicyclic) bond motifs is 2. The fraction of sp³-hybridized carbons (Fsp3) is 0.0714. The number of aldehydes is 1. The number of halogens is 1. The maximum absolute atomic E-state index is 10.7.